The van der Waals surface area contributed by atoms with Crippen LogP contribution in [0.2, 0.25) is 0 Å². The van der Waals surface area contributed by atoms with Crippen LogP contribution in [-0.2, 0) is 9.53 Å². The maximum atomic E-state index is 12.4. The first kappa shape index (κ1) is 18.8. The molecule has 142 valence electrons. The van der Waals surface area contributed by atoms with Crippen LogP contribution in [0.4, 0.5) is 11.4 Å². The van der Waals surface area contributed by atoms with E-state index in [2.05, 4.69) is 5.32 Å². The van der Waals surface area contributed by atoms with E-state index in [1.165, 1.54) is 12.5 Å². The molecule has 0 aromatic heterocycles. The van der Waals surface area contributed by atoms with Gasteiger partial charge in [0.25, 0.3) is 5.91 Å². The maximum absolute atomic E-state index is 12.4. The Morgan fingerprint density at radius 3 is 2.52 bits per heavy atom. The second kappa shape index (κ2) is 9.07. The number of carbonyl (C=O) groups is 2. The van der Waals surface area contributed by atoms with Gasteiger partial charge >= 0.3 is 5.97 Å². The van der Waals surface area contributed by atoms with Crippen molar-refractivity contribution in [1.82, 2.24) is 0 Å². The van der Waals surface area contributed by atoms with Crippen molar-refractivity contribution in [3.8, 4) is 5.75 Å². The Balaban J connectivity index is 1.57. The van der Waals surface area contributed by atoms with Crippen LogP contribution in [-0.4, -0.2) is 24.6 Å². The van der Waals surface area contributed by atoms with Crippen LogP contribution in [0.5, 0.6) is 5.75 Å². The number of para-hydroxylation sites is 1. The van der Waals surface area contributed by atoms with Crippen molar-refractivity contribution in [3.63, 3.8) is 0 Å². The fourth-order valence-corrected chi connectivity index (χ4v) is 3.05. The van der Waals surface area contributed by atoms with Crippen LogP contribution in [0, 0.1) is 0 Å². The molecule has 6 nitrogen and oxygen atoms in total. The molecule has 1 amide bonds. The number of carbonyl (C=O) groups excluding carboxylic acids is 2. The molecule has 0 spiro atoms. The van der Waals surface area contributed by atoms with Gasteiger partial charge in [-0.2, -0.15) is 0 Å². The lowest BCUT2D eigenvalue weighted by atomic mass is 9.98. The van der Waals surface area contributed by atoms with Crippen LogP contribution in [0.15, 0.2) is 48.5 Å². The van der Waals surface area contributed by atoms with Gasteiger partial charge in [-0.1, -0.05) is 24.6 Å². The number of nitrogens with two attached hydrogens (primary N) is 1. The van der Waals surface area contributed by atoms with Gasteiger partial charge in [0, 0.05) is 5.69 Å². The zero-order valence-corrected chi connectivity index (χ0v) is 15.1. The van der Waals surface area contributed by atoms with E-state index in [0.29, 0.717) is 16.9 Å². The normalized spacial score (nSPS) is 14.4. The molecule has 0 heterocycles. The molecule has 0 saturated heterocycles. The number of amides is 1. The second-order valence-electron chi connectivity index (χ2n) is 6.62. The Bertz CT molecular complexity index is 786. The van der Waals surface area contributed by atoms with Crippen molar-refractivity contribution >= 4 is 23.3 Å². The maximum Gasteiger partial charge on any atom is 0.338 e. The van der Waals surface area contributed by atoms with E-state index in [1.807, 2.05) is 18.2 Å². The van der Waals surface area contributed by atoms with Crippen molar-refractivity contribution in [2.45, 2.75) is 38.2 Å². The van der Waals surface area contributed by atoms with E-state index < -0.39 is 0 Å². The average Bonchev–Trinajstić information content (AvgIpc) is 2.69. The van der Waals surface area contributed by atoms with E-state index in [1.54, 1.807) is 24.3 Å². The Labute approximate surface area is 158 Å². The first-order valence-corrected chi connectivity index (χ1v) is 9.20. The topological polar surface area (TPSA) is 90.7 Å². The highest BCUT2D eigenvalue weighted by atomic mass is 16.5. The predicted molar refractivity (Wildman–Crippen MR) is 104 cm³/mol. The molecule has 1 aliphatic rings. The van der Waals surface area contributed by atoms with E-state index in [0.717, 1.165) is 25.7 Å². The molecule has 2 aromatic carbocycles. The highest BCUT2D eigenvalue weighted by Crippen LogP contribution is 2.25. The lowest BCUT2D eigenvalue weighted by Crippen LogP contribution is -2.22. The summed E-state index contributed by atoms with van der Waals surface area (Å²) in [4.78, 5) is 24.4. The summed E-state index contributed by atoms with van der Waals surface area (Å²) in [7, 11) is 0. The molecule has 0 bridgehead atoms. The lowest BCUT2D eigenvalue weighted by Gasteiger charge is -2.22. The number of ether oxygens (including phenoxy) is 2. The number of rotatable bonds is 6. The minimum absolute atomic E-state index is 0.0233. The molecule has 2 aromatic rings. The van der Waals surface area contributed by atoms with Crippen molar-refractivity contribution in [2.75, 3.05) is 17.7 Å². The first-order chi connectivity index (χ1) is 13.1. The number of nitrogen functional groups attached to an aromatic ring is 1. The average molecular weight is 368 g/mol. The quantitative estimate of drug-likeness (QED) is 0.598. The van der Waals surface area contributed by atoms with Crippen molar-refractivity contribution < 1.29 is 19.1 Å². The molecule has 1 saturated carbocycles. The van der Waals surface area contributed by atoms with E-state index in [4.69, 9.17) is 15.2 Å². The molecule has 1 fully saturated rings. The summed E-state index contributed by atoms with van der Waals surface area (Å²) < 4.78 is 11.1. The summed E-state index contributed by atoms with van der Waals surface area (Å²) in [5.74, 6) is -0.410. The van der Waals surface area contributed by atoms with E-state index >= 15 is 0 Å². The monoisotopic (exact) mass is 368 g/mol. The van der Waals surface area contributed by atoms with Crippen LogP contribution in [0.3, 0.4) is 0 Å². The van der Waals surface area contributed by atoms with Gasteiger partial charge in [-0.25, -0.2) is 4.79 Å². The van der Waals surface area contributed by atoms with Crippen molar-refractivity contribution in [2.24, 2.45) is 0 Å². The Kier molecular flexibility index (Phi) is 6.30. The van der Waals surface area contributed by atoms with Crippen LogP contribution in [0.25, 0.3) is 0 Å². The number of anilines is 2. The SMILES string of the molecule is Nc1ccc(C(=O)OC2CCCCC2)cc1OCC(=O)Nc1ccccc1. The highest BCUT2D eigenvalue weighted by molar-refractivity contribution is 5.92. The van der Waals surface area contributed by atoms with Gasteiger partial charge < -0.3 is 20.5 Å². The summed E-state index contributed by atoms with van der Waals surface area (Å²) in [6.07, 6.45) is 5.16. The fourth-order valence-electron chi connectivity index (χ4n) is 3.05. The predicted octanol–water partition coefficient (Wildman–Crippen LogP) is 3.78. The minimum Gasteiger partial charge on any atom is -0.482 e. The summed E-state index contributed by atoms with van der Waals surface area (Å²) in [6, 6.07) is 13.8. The minimum atomic E-state index is -0.388. The van der Waals surface area contributed by atoms with Crippen LogP contribution in [0.1, 0.15) is 42.5 Å². The van der Waals surface area contributed by atoms with Crippen molar-refractivity contribution in [1.29, 1.82) is 0 Å². The zero-order chi connectivity index (χ0) is 19.1. The third kappa shape index (κ3) is 5.48. The third-order valence-corrected chi connectivity index (χ3v) is 4.49. The van der Waals surface area contributed by atoms with Gasteiger partial charge in [0.1, 0.15) is 11.9 Å². The molecule has 27 heavy (non-hydrogen) atoms. The summed E-state index contributed by atoms with van der Waals surface area (Å²) in [5.41, 5.74) is 7.31. The smallest absolute Gasteiger partial charge is 0.338 e. The standard InChI is InChI=1S/C21H24N2O4/c22-18-12-11-15(21(25)27-17-9-5-2-6-10-17)13-19(18)26-14-20(24)23-16-7-3-1-4-8-16/h1,3-4,7-8,11-13,17H,2,5-6,9-10,14,22H2,(H,23,24). The molecular weight excluding hydrogens is 344 g/mol. The Morgan fingerprint density at radius 1 is 1.04 bits per heavy atom. The molecule has 3 rings (SSSR count). The number of esters is 1. The van der Waals surface area contributed by atoms with E-state index in [-0.39, 0.29) is 30.3 Å². The zero-order valence-electron chi connectivity index (χ0n) is 15.1. The molecule has 0 radical (unpaired) electrons. The second-order valence-corrected chi connectivity index (χ2v) is 6.62. The molecule has 1 aliphatic carbocycles. The highest BCUT2D eigenvalue weighted by Gasteiger charge is 2.19. The Morgan fingerprint density at radius 2 is 1.78 bits per heavy atom. The van der Waals surface area contributed by atoms with Gasteiger partial charge in [-0.15, -0.1) is 0 Å². The van der Waals surface area contributed by atoms with Crippen LogP contribution < -0.4 is 15.8 Å². The van der Waals surface area contributed by atoms with Gasteiger partial charge in [0.05, 0.1) is 11.3 Å². The number of hydrogen-bond acceptors (Lipinski definition) is 5. The molecular formula is C21H24N2O4. The Hall–Kier alpha value is -3.02. The van der Waals surface area contributed by atoms with Crippen molar-refractivity contribution in [3.05, 3.63) is 54.1 Å². The first-order valence-electron chi connectivity index (χ1n) is 9.20. The summed E-state index contributed by atoms with van der Waals surface area (Å²) in [5, 5.41) is 2.73. The van der Waals surface area contributed by atoms with Gasteiger partial charge in [0.15, 0.2) is 6.61 Å². The molecule has 0 aliphatic heterocycles. The summed E-state index contributed by atoms with van der Waals surface area (Å²) >= 11 is 0. The van der Waals surface area contributed by atoms with Gasteiger partial charge in [0.2, 0.25) is 0 Å². The molecule has 6 heteroatoms. The third-order valence-electron chi connectivity index (χ3n) is 4.49. The summed E-state index contributed by atoms with van der Waals surface area (Å²) in [6.45, 7) is -0.208. The number of hydrogen-bond donors (Lipinski definition) is 2. The largest absolute Gasteiger partial charge is 0.482 e. The molecule has 0 unspecified atom stereocenters. The van der Waals surface area contributed by atoms with E-state index in [9.17, 15) is 9.59 Å². The number of nitrogens with one attached hydrogen (secondary N) is 1. The van der Waals surface area contributed by atoms with Crippen LogP contribution >= 0.6 is 0 Å². The number of benzene rings is 2. The molecule has 0 atom stereocenters. The van der Waals surface area contributed by atoms with Gasteiger partial charge in [-0.05, 0) is 56.0 Å². The van der Waals surface area contributed by atoms with Gasteiger partial charge in [-0.3, -0.25) is 4.79 Å². The fraction of sp³-hybridized carbons (Fsp3) is 0.333. The lowest BCUT2D eigenvalue weighted by molar-refractivity contribution is -0.118. The molecule has 3 N–H and O–H groups in total.